The molecule has 20 heavy (non-hydrogen) atoms. The molecule has 2 rings (SSSR count). The van der Waals surface area contributed by atoms with Crippen molar-refractivity contribution in [3.8, 4) is 0 Å². The van der Waals surface area contributed by atoms with Crippen molar-refractivity contribution in [2.45, 2.75) is 69.5 Å². The lowest BCUT2D eigenvalue weighted by molar-refractivity contribution is -0.121. The van der Waals surface area contributed by atoms with Crippen LogP contribution in [0.1, 0.15) is 64.2 Å². The number of nitrogens with one attached hydrogen (secondary N) is 1. The number of hydrogen-bond acceptors (Lipinski definition) is 3. The summed E-state index contributed by atoms with van der Waals surface area (Å²) in [6.07, 6.45) is 14.2. The predicted octanol–water partition coefficient (Wildman–Crippen LogP) is 4.71. The molecule has 4 heteroatoms. The maximum Gasteiger partial charge on any atom is 0.220 e. The number of carbonyl (C=O) groups is 1. The third kappa shape index (κ3) is 6.57. The molecular formula is C16H27NOS2. The number of unbranched alkanes of at least 4 members (excludes halogenated alkanes) is 1. The fourth-order valence-electron chi connectivity index (χ4n) is 2.80. The molecular weight excluding hydrogens is 286 g/mol. The Morgan fingerprint density at radius 3 is 3.05 bits per heavy atom. The van der Waals surface area contributed by atoms with Gasteiger partial charge in [0.25, 0.3) is 0 Å². The van der Waals surface area contributed by atoms with Crippen molar-refractivity contribution in [3.63, 3.8) is 0 Å². The van der Waals surface area contributed by atoms with Gasteiger partial charge in [-0.1, -0.05) is 39.7 Å². The van der Waals surface area contributed by atoms with Crippen molar-refractivity contribution in [2.75, 3.05) is 12.3 Å². The molecule has 1 saturated heterocycles. The van der Waals surface area contributed by atoms with E-state index in [9.17, 15) is 4.79 Å². The lowest BCUT2D eigenvalue weighted by Crippen LogP contribution is -2.24. The first-order valence-electron chi connectivity index (χ1n) is 8.07. The molecule has 1 heterocycles. The Morgan fingerprint density at radius 2 is 2.30 bits per heavy atom. The van der Waals surface area contributed by atoms with Crippen LogP contribution in [0.25, 0.3) is 0 Å². The molecule has 0 bridgehead atoms. The molecule has 1 N–H and O–H groups in total. The lowest BCUT2D eigenvalue weighted by atomic mass is 9.97. The third-order valence-electron chi connectivity index (χ3n) is 4.06. The molecule has 2 aliphatic rings. The molecule has 0 aromatic heterocycles. The van der Waals surface area contributed by atoms with Crippen molar-refractivity contribution in [1.82, 2.24) is 5.32 Å². The van der Waals surface area contributed by atoms with Crippen LogP contribution in [0, 0.1) is 0 Å². The van der Waals surface area contributed by atoms with Crippen molar-refractivity contribution < 1.29 is 4.79 Å². The third-order valence-corrected chi connectivity index (χ3v) is 7.07. The second kappa shape index (κ2) is 9.78. The molecule has 1 aliphatic heterocycles. The topological polar surface area (TPSA) is 29.1 Å². The first-order valence-corrected chi connectivity index (χ1v) is 10.5. The summed E-state index contributed by atoms with van der Waals surface area (Å²) in [5.41, 5.74) is 1.55. The number of carbonyl (C=O) groups excluding carboxylic acids is 1. The van der Waals surface area contributed by atoms with Crippen molar-refractivity contribution >= 4 is 27.5 Å². The van der Waals surface area contributed by atoms with Crippen LogP contribution in [-0.4, -0.2) is 23.5 Å². The highest BCUT2D eigenvalue weighted by atomic mass is 33.1. The quantitative estimate of drug-likeness (QED) is 0.400. The van der Waals surface area contributed by atoms with Crippen molar-refractivity contribution in [1.29, 1.82) is 0 Å². The van der Waals surface area contributed by atoms with Crippen LogP contribution in [-0.2, 0) is 4.79 Å². The summed E-state index contributed by atoms with van der Waals surface area (Å²) >= 11 is 0. The maximum absolute atomic E-state index is 11.7. The molecule has 0 aromatic rings. The average Bonchev–Trinajstić information content (AvgIpc) is 2.98. The molecule has 2 nitrogen and oxygen atoms in total. The lowest BCUT2D eigenvalue weighted by Gasteiger charge is -2.13. The Hall–Kier alpha value is -0.0900. The fraction of sp³-hybridized carbons (Fsp3) is 0.812. The van der Waals surface area contributed by atoms with Gasteiger partial charge in [0.1, 0.15) is 0 Å². The van der Waals surface area contributed by atoms with Gasteiger partial charge in [-0.25, -0.2) is 0 Å². The molecule has 114 valence electrons. The molecule has 1 unspecified atom stereocenters. The highest BCUT2D eigenvalue weighted by molar-refractivity contribution is 8.77. The van der Waals surface area contributed by atoms with Gasteiger partial charge in [-0.3, -0.25) is 4.79 Å². The van der Waals surface area contributed by atoms with Crippen LogP contribution in [0.5, 0.6) is 0 Å². The summed E-state index contributed by atoms with van der Waals surface area (Å²) < 4.78 is 0. The van der Waals surface area contributed by atoms with Gasteiger partial charge in [-0.15, -0.1) is 0 Å². The molecule has 1 amide bonds. The number of hydrogen-bond donors (Lipinski definition) is 1. The minimum atomic E-state index is 0.245. The van der Waals surface area contributed by atoms with Gasteiger partial charge in [0.15, 0.2) is 0 Å². The van der Waals surface area contributed by atoms with E-state index in [0.29, 0.717) is 6.42 Å². The minimum Gasteiger partial charge on any atom is -0.356 e. The van der Waals surface area contributed by atoms with Crippen LogP contribution in [0.4, 0.5) is 0 Å². The zero-order valence-electron chi connectivity index (χ0n) is 12.4. The van der Waals surface area contributed by atoms with Gasteiger partial charge < -0.3 is 5.32 Å². The van der Waals surface area contributed by atoms with E-state index in [-0.39, 0.29) is 5.91 Å². The second-order valence-corrected chi connectivity index (χ2v) is 8.57. The molecule has 1 fully saturated rings. The van der Waals surface area contributed by atoms with Gasteiger partial charge >= 0.3 is 0 Å². The normalized spacial score (nSPS) is 22.6. The van der Waals surface area contributed by atoms with E-state index in [1.54, 1.807) is 5.57 Å². The van der Waals surface area contributed by atoms with E-state index in [2.05, 4.69) is 11.4 Å². The number of amides is 1. The highest BCUT2D eigenvalue weighted by Gasteiger charge is 2.15. The summed E-state index contributed by atoms with van der Waals surface area (Å²) in [4.78, 5) is 11.7. The van der Waals surface area contributed by atoms with Gasteiger partial charge in [-0.05, 0) is 51.4 Å². The standard InChI is InChI=1S/C16H27NOS2/c18-16(9-5-4-8-15-11-13-19-20-15)17-12-10-14-6-2-1-3-7-14/h6,15H,1-5,7-13H2,(H,17,18). The summed E-state index contributed by atoms with van der Waals surface area (Å²) in [5.74, 6) is 1.56. The number of allylic oxidation sites excluding steroid dienone is 1. The molecule has 1 aliphatic carbocycles. The van der Waals surface area contributed by atoms with Crippen LogP contribution in [0.3, 0.4) is 0 Å². The Morgan fingerprint density at radius 1 is 1.35 bits per heavy atom. The maximum atomic E-state index is 11.7. The molecule has 1 atom stereocenters. The Kier molecular flexibility index (Phi) is 7.96. The van der Waals surface area contributed by atoms with Crippen LogP contribution in [0.2, 0.25) is 0 Å². The zero-order valence-corrected chi connectivity index (χ0v) is 14.0. The zero-order chi connectivity index (χ0) is 14.0. The summed E-state index contributed by atoms with van der Waals surface area (Å²) in [6.45, 7) is 0.833. The van der Waals surface area contributed by atoms with Gasteiger partial charge in [0.2, 0.25) is 5.91 Å². The fourth-order valence-corrected chi connectivity index (χ4v) is 5.83. The monoisotopic (exact) mass is 313 g/mol. The summed E-state index contributed by atoms with van der Waals surface area (Å²) in [6, 6.07) is 0. The van der Waals surface area contributed by atoms with E-state index in [1.165, 1.54) is 50.7 Å². The SMILES string of the molecule is O=C(CCCCC1CCSS1)NCCC1=CCCCC1. The van der Waals surface area contributed by atoms with E-state index in [0.717, 1.165) is 24.6 Å². The van der Waals surface area contributed by atoms with Gasteiger partial charge in [0, 0.05) is 24.0 Å². The predicted molar refractivity (Wildman–Crippen MR) is 91.1 cm³/mol. The molecule has 0 aromatic carbocycles. The highest BCUT2D eigenvalue weighted by Crippen LogP contribution is 2.39. The van der Waals surface area contributed by atoms with Crippen LogP contribution < -0.4 is 5.32 Å². The van der Waals surface area contributed by atoms with Crippen molar-refractivity contribution in [3.05, 3.63) is 11.6 Å². The summed E-state index contributed by atoms with van der Waals surface area (Å²) in [5, 5.41) is 3.92. The first kappa shape index (κ1) is 16.3. The Labute approximate surface area is 131 Å². The molecule has 0 radical (unpaired) electrons. The minimum absolute atomic E-state index is 0.245. The largest absolute Gasteiger partial charge is 0.356 e. The van der Waals surface area contributed by atoms with Crippen LogP contribution >= 0.6 is 21.6 Å². The molecule has 0 saturated carbocycles. The second-order valence-electron chi connectivity index (χ2n) is 5.78. The first-order chi connectivity index (χ1) is 9.84. The van der Waals surface area contributed by atoms with Crippen molar-refractivity contribution in [2.24, 2.45) is 0 Å². The van der Waals surface area contributed by atoms with Gasteiger partial charge in [0.05, 0.1) is 0 Å². The Bertz CT molecular complexity index is 324. The van der Waals surface area contributed by atoms with E-state index >= 15 is 0 Å². The average molecular weight is 314 g/mol. The van der Waals surface area contributed by atoms with Crippen LogP contribution in [0.15, 0.2) is 11.6 Å². The smallest absolute Gasteiger partial charge is 0.220 e. The van der Waals surface area contributed by atoms with E-state index in [1.807, 2.05) is 21.6 Å². The van der Waals surface area contributed by atoms with Gasteiger partial charge in [-0.2, -0.15) is 0 Å². The number of rotatable bonds is 8. The van der Waals surface area contributed by atoms with E-state index < -0.39 is 0 Å². The van der Waals surface area contributed by atoms with E-state index in [4.69, 9.17) is 0 Å². The molecule has 0 spiro atoms. The Balaban J connectivity index is 1.44. The summed E-state index contributed by atoms with van der Waals surface area (Å²) in [7, 11) is 4.04.